The second-order valence-corrected chi connectivity index (χ2v) is 3.84. The zero-order valence-corrected chi connectivity index (χ0v) is 9.70. The first-order valence-electron chi connectivity index (χ1n) is 5.54. The molecule has 2 N–H and O–H groups in total. The first kappa shape index (κ1) is 11.4. The number of nitrogens with zero attached hydrogens (tertiary/aromatic N) is 2. The van der Waals surface area contributed by atoms with Crippen molar-refractivity contribution in [3.63, 3.8) is 0 Å². The van der Waals surface area contributed by atoms with Gasteiger partial charge in [0.15, 0.2) is 0 Å². The third-order valence-corrected chi connectivity index (χ3v) is 2.68. The third kappa shape index (κ3) is 1.94. The molecule has 94 valence electrons. The Morgan fingerprint density at radius 3 is 2.63 bits per heavy atom. The van der Waals surface area contributed by atoms with Gasteiger partial charge in [-0.15, -0.1) is 0 Å². The van der Waals surface area contributed by atoms with Crippen molar-refractivity contribution in [2.24, 2.45) is 0 Å². The van der Waals surface area contributed by atoms with Crippen LogP contribution in [0.25, 0.3) is 22.4 Å². The molecule has 0 saturated carbocycles. The highest BCUT2D eigenvalue weighted by molar-refractivity contribution is 5.89. The second kappa shape index (κ2) is 4.51. The highest BCUT2D eigenvalue weighted by Crippen LogP contribution is 2.25. The molecule has 1 aromatic carbocycles. The Morgan fingerprint density at radius 1 is 1.11 bits per heavy atom. The van der Waals surface area contributed by atoms with E-state index in [2.05, 4.69) is 9.97 Å². The van der Waals surface area contributed by atoms with E-state index in [1.54, 1.807) is 11.5 Å². The number of rotatable bonds is 2. The van der Waals surface area contributed by atoms with Gasteiger partial charge in [-0.3, -0.25) is 10.0 Å². The van der Waals surface area contributed by atoms with E-state index in [9.17, 15) is 4.79 Å². The molecule has 0 aliphatic carbocycles. The monoisotopic (exact) mass is 255 g/mol. The van der Waals surface area contributed by atoms with Gasteiger partial charge in [-0.25, -0.2) is 10.5 Å². The Hall–Kier alpha value is -2.73. The van der Waals surface area contributed by atoms with Gasteiger partial charge < -0.3 is 4.42 Å². The fourth-order valence-electron chi connectivity index (χ4n) is 1.82. The molecule has 0 fully saturated rings. The fourth-order valence-corrected chi connectivity index (χ4v) is 1.82. The van der Waals surface area contributed by atoms with Gasteiger partial charge >= 0.3 is 5.56 Å². The van der Waals surface area contributed by atoms with Crippen LogP contribution in [0.15, 0.2) is 51.9 Å². The van der Waals surface area contributed by atoms with Crippen LogP contribution in [-0.2, 0) is 0 Å². The van der Waals surface area contributed by atoms with Crippen molar-refractivity contribution < 1.29 is 9.62 Å². The number of aromatic nitrogens is 2. The minimum atomic E-state index is -0.690. The summed E-state index contributed by atoms with van der Waals surface area (Å²) in [5.41, 5.74) is 2.55. The summed E-state index contributed by atoms with van der Waals surface area (Å²) in [5.74, 6) is -0.245. The Labute approximate surface area is 107 Å². The summed E-state index contributed by atoms with van der Waals surface area (Å²) < 4.78 is 5.16. The molecule has 6 nitrogen and oxygen atoms in total. The average Bonchev–Trinajstić information content (AvgIpc) is 2.84. The lowest BCUT2D eigenvalue weighted by molar-refractivity contribution is 0.385. The molecule has 0 bridgehead atoms. The molecule has 0 aliphatic rings. The minimum absolute atomic E-state index is 0.179. The molecule has 0 saturated heterocycles. The highest BCUT2D eigenvalue weighted by Gasteiger charge is 2.11. The molecular formula is C13H9N3O3. The maximum Gasteiger partial charge on any atom is 0.317 e. The molecule has 0 spiro atoms. The lowest BCUT2D eigenvalue weighted by atomic mass is 10.1. The van der Waals surface area contributed by atoms with Crippen LogP contribution in [0.2, 0.25) is 0 Å². The Bertz CT molecular complexity index is 784. The summed E-state index contributed by atoms with van der Waals surface area (Å²) in [7, 11) is 0. The van der Waals surface area contributed by atoms with Crippen LogP contribution in [0.3, 0.4) is 0 Å². The number of hydrogen-bond acceptors (Lipinski definition) is 6. The molecule has 2 aromatic heterocycles. The smallest absolute Gasteiger partial charge is 0.317 e. The van der Waals surface area contributed by atoms with Crippen LogP contribution >= 0.6 is 0 Å². The molecule has 2 heterocycles. The maximum absolute atomic E-state index is 11.7. The van der Waals surface area contributed by atoms with Gasteiger partial charge in [0.05, 0.1) is 17.3 Å². The average molecular weight is 255 g/mol. The molecule has 3 aromatic rings. The van der Waals surface area contributed by atoms with E-state index in [-0.39, 0.29) is 11.5 Å². The molecule has 0 amide bonds. The predicted molar refractivity (Wildman–Crippen MR) is 68.9 cm³/mol. The van der Waals surface area contributed by atoms with Gasteiger partial charge in [0.25, 0.3) is 0 Å². The highest BCUT2D eigenvalue weighted by atomic mass is 16.5. The molecule has 0 atom stereocenters. The standard InChI is InChI=1S/C13H9N3O3/c17-12-11(16-18)14-10(8-4-2-1-3-5-8)9-6-7-19-13(9)15-12/h1-7,18H,(H,14,15,16,17). The summed E-state index contributed by atoms with van der Waals surface area (Å²) in [4.78, 5) is 19.6. The summed E-state index contributed by atoms with van der Waals surface area (Å²) in [6, 6.07) is 11.0. The number of anilines is 1. The van der Waals surface area contributed by atoms with E-state index in [1.807, 2.05) is 30.3 Å². The predicted octanol–water partition coefficient (Wildman–Crippen LogP) is 2.05. The van der Waals surface area contributed by atoms with Crippen LogP contribution in [0, 0.1) is 0 Å². The van der Waals surface area contributed by atoms with Crippen LogP contribution in [0.5, 0.6) is 0 Å². The van der Waals surface area contributed by atoms with E-state index < -0.39 is 5.56 Å². The van der Waals surface area contributed by atoms with Crippen molar-refractivity contribution in [2.75, 3.05) is 5.48 Å². The van der Waals surface area contributed by atoms with Gasteiger partial charge in [-0.2, -0.15) is 4.98 Å². The largest absolute Gasteiger partial charge is 0.446 e. The van der Waals surface area contributed by atoms with Gasteiger partial charge in [0.1, 0.15) is 0 Å². The SMILES string of the molecule is O=c1nc2occc2c(-c2ccccc2)nc1NO. The first-order chi connectivity index (χ1) is 9.29. The number of benzene rings is 1. The zero-order chi connectivity index (χ0) is 13.2. The summed E-state index contributed by atoms with van der Waals surface area (Å²) in [6.07, 6.45) is 1.44. The van der Waals surface area contributed by atoms with Crippen molar-refractivity contribution in [2.45, 2.75) is 0 Å². The van der Waals surface area contributed by atoms with Crippen LogP contribution in [-0.4, -0.2) is 15.2 Å². The Morgan fingerprint density at radius 2 is 1.89 bits per heavy atom. The second-order valence-electron chi connectivity index (χ2n) is 3.84. The number of fused-ring (bicyclic) bond motifs is 1. The Balaban J connectivity index is 2.43. The number of hydrogen-bond donors (Lipinski definition) is 2. The summed E-state index contributed by atoms with van der Waals surface area (Å²) in [5, 5.41) is 9.56. The van der Waals surface area contributed by atoms with Gasteiger partial charge in [0.2, 0.25) is 11.5 Å². The topological polar surface area (TPSA) is 88.2 Å². The molecule has 0 radical (unpaired) electrons. The first-order valence-corrected chi connectivity index (χ1v) is 5.54. The molecule has 6 heteroatoms. The zero-order valence-electron chi connectivity index (χ0n) is 9.70. The summed E-state index contributed by atoms with van der Waals surface area (Å²) >= 11 is 0. The van der Waals surface area contributed by atoms with E-state index in [1.165, 1.54) is 6.26 Å². The molecule has 0 aliphatic heterocycles. The third-order valence-electron chi connectivity index (χ3n) is 2.68. The molecule has 0 unspecified atom stereocenters. The minimum Gasteiger partial charge on any atom is -0.446 e. The van der Waals surface area contributed by atoms with Crippen molar-refractivity contribution in [3.05, 3.63) is 53.0 Å². The quantitative estimate of drug-likeness (QED) is 0.681. The van der Waals surface area contributed by atoms with Crippen molar-refractivity contribution in [3.8, 4) is 11.3 Å². The molecule has 19 heavy (non-hydrogen) atoms. The Kier molecular flexibility index (Phi) is 2.70. The van der Waals surface area contributed by atoms with E-state index in [0.29, 0.717) is 11.1 Å². The maximum atomic E-state index is 11.7. The molecule has 3 rings (SSSR count). The van der Waals surface area contributed by atoms with Crippen molar-refractivity contribution in [1.29, 1.82) is 0 Å². The van der Waals surface area contributed by atoms with Crippen LogP contribution < -0.4 is 11.0 Å². The lowest BCUT2D eigenvalue weighted by Gasteiger charge is -1.99. The van der Waals surface area contributed by atoms with Crippen LogP contribution in [0.1, 0.15) is 0 Å². The van der Waals surface area contributed by atoms with E-state index in [4.69, 9.17) is 9.62 Å². The van der Waals surface area contributed by atoms with Crippen molar-refractivity contribution >= 4 is 16.9 Å². The fraction of sp³-hybridized carbons (Fsp3) is 0. The number of furan rings is 1. The molecular weight excluding hydrogens is 246 g/mol. The summed E-state index contributed by atoms with van der Waals surface area (Å²) in [6.45, 7) is 0. The lowest BCUT2D eigenvalue weighted by Crippen LogP contribution is -2.10. The normalized spacial score (nSPS) is 10.6. The van der Waals surface area contributed by atoms with Gasteiger partial charge in [0, 0.05) is 5.56 Å². The van der Waals surface area contributed by atoms with E-state index >= 15 is 0 Å². The number of nitrogens with one attached hydrogen (secondary N) is 1. The van der Waals surface area contributed by atoms with Crippen LogP contribution in [0.4, 0.5) is 5.82 Å². The van der Waals surface area contributed by atoms with Gasteiger partial charge in [-0.05, 0) is 6.07 Å². The van der Waals surface area contributed by atoms with E-state index in [0.717, 1.165) is 5.56 Å². The van der Waals surface area contributed by atoms with Gasteiger partial charge in [-0.1, -0.05) is 30.3 Å². The van der Waals surface area contributed by atoms with Crippen molar-refractivity contribution in [1.82, 2.24) is 9.97 Å².